The van der Waals surface area contributed by atoms with Crippen molar-refractivity contribution in [1.29, 1.82) is 0 Å². The number of aliphatic hydroxyl groups is 1. The molecular formula is C10H9BrCl2N2O2. The smallest absolute Gasteiger partial charge is 0.229 e. The highest BCUT2D eigenvalue weighted by Crippen LogP contribution is 2.24. The molecule has 0 spiro atoms. The van der Waals surface area contributed by atoms with E-state index in [0.29, 0.717) is 20.8 Å². The number of alkyl halides is 1. The standard InChI is InChI=1S/C10H9BrCl2N2O2/c11-10(5-17-2-1-16)14-8-3-6(12)7(13)4-9(8)15-10/h3-4,16H,1-2,5H2. The van der Waals surface area contributed by atoms with Gasteiger partial charge in [0.2, 0.25) is 4.57 Å². The zero-order chi connectivity index (χ0) is 12.5. The first-order valence-electron chi connectivity index (χ1n) is 4.86. The van der Waals surface area contributed by atoms with Crippen molar-refractivity contribution in [2.24, 2.45) is 9.98 Å². The molecular weight excluding hydrogens is 331 g/mol. The predicted octanol–water partition coefficient (Wildman–Crippen LogP) is 1.30. The summed E-state index contributed by atoms with van der Waals surface area (Å²) in [6.07, 6.45) is 0. The topological polar surface area (TPSA) is 54.2 Å². The van der Waals surface area contributed by atoms with Crippen molar-refractivity contribution in [3.63, 3.8) is 0 Å². The van der Waals surface area contributed by atoms with E-state index in [1.807, 2.05) is 0 Å². The number of fused-ring (bicyclic) bond motifs is 1. The van der Waals surface area contributed by atoms with Gasteiger partial charge >= 0.3 is 0 Å². The molecule has 0 saturated carbocycles. The first kappa shape index (κ1) is 13.2. The number of aliphatic hydroxyl groups excluding tert-OH is 1. The summed E-state index contributed by atoms with van der Waals surface area (Å²) in [6.45, 7) is 0.446. The highest BCUT2D eigenvalue weighted by molar-refractivity contribution is 9.10. The van der Waals surface area contributed by atoms with Crippen LogP contribution < -0.4 is 10.7 Å². The molecule has 1 aliphatic heterocycles. The monoisotopic (exact) mass is 338 g/mol. The normalized spacial score (nSPS) is 16.2. The lowest BCUT2D eigenvalue weighted by molar-refractivity contribution is 0.0801. The van der Waals surface area contributed by atoms with Gasteiger partial charge in [0.05, 0.1) is 34.0 Å². The summed E-state index contributed by atoms with van der Waals surface area (Å²) in [5.41, 5.74) is 0. The van der Waals surface area contributed by atoms with Crippen molar-refractivity contribution in [3.05, 3.63) is 32.9 Å². The van der Waals surface area contributed by atoms with Gasteiger partial charge in [-0.3, -0.25) is 0 Å². The molecule has 0 bridgehead atoms. The van der Waals surface area contributed by atoms with Gasteiger partial charge in [0.15, 0.2) is 0 Å². The van der Waals surface area contributed by atoms with E-state index in [2.05, 4.69) is 25.9 Å². The van der Waals surface area contributed by atoms with E-state index in [1.54, 1.807) is 12.1 Å². The van der Waals surface area contributed by atoms with Crippen LogP contribution in [0.15, 0.2) is 22.1 Å². The Morgan fingerprint density at radius 1 is 1.24 bits per heavy atom. The van der Waals surface area contributed by atoms with Gasteiger partial charge in [-0.05, 0) is 28.1 Å². The molecule has 2 rings (SSSR count). The number of hydrogen-bond acceptors (Lipinski definition) is 4. The number of benzene rings is 1. The molecule has 0 aliphatic carbocycles. The highest BCUT2D eigenvalue weighted by Gasteiger charge is 2.28. The fraction of sp³-hybridized carbons (Fsp3) is 0.400. The number of nitrogens with zero attached hydrogens (tertiary/aromatic N) is 2. The van der Waals surface area contributed by atoms with Crippen molar-refractivity contribution < 1.29 is 9.84 Å². The average molecular weight is 340 g/mol. The summed E-state index contributed by atoms with van der Waals surface area (Å²) in [4.78, 5) is 8.72. The Morgan fingerprint density at radius 2 is 1.76 bits per heavy atom. The van der Waals surface area contributed by atoms with E-state index < -0.39 is 4.57 Å². The maximum atomic E-state index is 8.63. The maximum absolute atomic E-state index is 8.63. The van der Waals surface area contributed by atoms with Crippen molar-refractivity contribution in [2.45, 2.75) is 4.57 Å². The third-order valence-corrected chi connectivity index (χ3v) is 3.43. The molecule has 1 heterocycles. The van der Waals surface area contributed by atoms with Crippen molar-refractivity contribution >= 4 is 39.1 Å². The van der Waals surface area contributed by atoms with Crippen LogP contribution in [0.3, 0.4) is 0 Å². The molecule has 1 aliphatic rings. The van der Waals surface area contributed by atoms with Crippen LogP contribution in [-0.4, -0.2) is 29.5 Å². The van der Waals surface area contributed by atoms with E-state index in [-0.39, 0.29) is 19.8 Å². The predicted molar refractivity (Wildman–Crippen MR) is 68.3 cm³/mol. The summed E-state index contributed by atoms with van der Waals surface area (Å²) in [6, 6.07) is 3.33. The number of rotatable bonds is 4. The first-order chi connectivity index (χ1) is 8.04. The maximum Gasteiger partial charge on any atom is 0.229 e. The van der Waals surface area contributed by atoms with E-state index in [4.69, 9.17) is 33.0 Å². The van der Waals surface area contributed by atoms with Crippen LogP contribution in [0.4, 0.5) is 0 Å². The molecule has 0 atom stereocenters. The van der Waals surface area contributed by atoms with Gasteiger partial charge in [-0.1, -0.05) is 23.2 Å². The van der Waals surface area contributed by atoms with Gasteiger partial charge in [0.1, 0.15) is 6.61 Å². The van der Waals surface area contributed by atoms with Crippen molar-refractivity contribution in [3.8, 4) is 0 Å². The molecule has 0 saturated heterocycles. The van der Waals surface area contributed by atoms with Gasteiger partial charge in [-0.15, -0.1) is 0 Å². The van der Waals surface area contributed by atoms with E-state index in [9.17, 15) is 0 Å². The molecule has 0 unspecified atom stereocenters. The average Bonchev–Trinajstić information content (AvgIpc) is 2.55. The Labute approximate surface area is 116 Å². The molecule has 1 aromatic rings. The Kier molecular flexibility index (Phi) is 4.05. The second kappa shape index (κ2) is 5.20. The second-order valence-corrected chi connectivity index (χ2v) is 5.56. The Hall–Kier alpha value is -0.200. The largest absolute Gasteiger partial charge is 0.394 e. The Bertz CT molecular complexity index is 509. The first-order valence-corrected chi connectivity index (χ1v) is 6.41. The van der Waals surface area contributed by atoms with Crippen molar-refractivity contribution in [2.75, 3.05) is 19.8 Å². The third kappa shape index (κ3) is 2.98. The van der Waals surface area contributed by atoms with E-state index in [0.717, 1.165) is 0 Å². The summed E-state index contributed by atoms with van der Waals surface area (Å²) in [5.74, 6) is 0. The lowest BCUT2D eigenvalue weighted by Gasteiger charge is -2.14. The van der Waals surface area contributed by atoms with Gasteiger partial charge in [0, 0.05) is 0 Å². The molecule has 0 fully saturated rings. The van der Waals surface area contributed by atoms with E-state index >= 15 is 0 Å². The lowest BCUT2D eigenvalue weighted by Crippen LogP contribution is -2.22. The molecule has 1 N–H and O–H groups in total. The molecule has 4 nitrogen and oxygen atoms in total. The minimum atomic E-state index is -0.849. The summed E-state index contributed by atoms with van der Waals surface area (Å²) >= 11 is 15.2. The van der Waals surface area contributed by atoms with Crippen LogP contribution in [0.25, 0.3) is 0 Å². The molecule has 1 aromatic carbocycles. The SMILES string of the molecule is OCCOCC1(Br)N=c2cc(Cl)c(Cl)cc2=N1. The summed E-state index contributed by atoms with van der Waals surface area (Å²) < 4.78 is 4.36. The zero-order valence-corrected chi connectivity index (χ0v) is 11.8. The Morgan fingerprint density at radius 3 is 2.24 bits per heavy atom. The molecule has 92 valence electrons. The minimum absolute atomic E-state index is 0.0340. The van der Waals surface area contributed by atoms with Crippen LogP contribution in [0.1, 0.15) is 0 Å². The minimum Gasteiger partial charge on any atom is -0.394 e. The van der Waals surface area contributed by atoms with Crippen LogP contribution >= 0.6 is 39.1 Å². The number of hydrogen-bond donors (Lipinski definition) is 1. The zero-order valence-electron chi connectivity index (χ0n) is 8.66. The van der Waals surface area contributed by atoms with Gasteiger partial charge < -0.3 is 9.84 Å². The van der Waals surface area contributed by atoms with Crippen molar-refractivity contribution in [1.82, 2.24) is 0 Å². The molecule has 7 heteroatoms. The number of ether oxygens (including phenoxy) is 1. The fourth-order valence-corrected chi connectivity index (χ4v) is 2.29. The van der Waals surface area contributed by atoms with Gasteiger partial charge in [0.25, 0.3) is 0 Å². The molecule has 0 aromatic heterocycles. The summed E-state index contributed by atoms with van der Waals surface area (Å²) in [5, 5.41) is 10.9. The van der Waals surface area contributed by atoms with Crippen LogP contribution in [0.2, 0.25) is 10.0 Å². The number of halogens is 3. The van der Waals surface area contributed by atoms with E-state index in [1.165, 1.54) is 0 Å². The van der Waals surface area contributed by atoms with Crippen LogP contribution in [0, 0.1) is 0 Å². The quantitative estimate of drug-likeness (QED) is 0.511. The van der Waals surface area contributed by atoms with Gasteiger partial charge in [-0.2, -0.15) is 0 Å². The molecule has 0 amide bonds. The molecule has 17 heavy (non-hydrogen) atoms. The van der Waals surface area contributed by atoms with Gasteiger partial charge in [-0.25, -0.2) is 9.98 Å². The fourth-order valence-electron chi connectivity index (χ4n) is 1.43. The van der Waals surface area contributed by atoms with Crippen LogP contribution in [-0.2, 0) is 4.74 Å². The lowest BCUT2D eigenvalue weighted by atomic mass is 10.3. The third-order valence-electron chi connectivity index (χ3n) is 2.12. The second-order valence-electron chi connectivity index (χ2n) is 3.47. The molecule has 0 radical (unpaired) electrons. The Balaban J connectivity index is 2.29. The summed E-state index contributed by atoms with van der Waals surface area (Å²) in [7, 11) is 0. The van der Waals surface area contributed by atoms with Crippen LogP contribution in [0.5, 0.6) is 0 Å². The highest BCUT2D eigenvalue weighted by atomic mass is 79.9.